The van der Waals surface area contributed by atoms with E-state index in [0.29, 0.717) is 11.9 Å². The first-order valence-electron chi connectivity index (χ1n) is 8.31. The SMILES string of the molecule is Nc1ncccc1CN1C[C@H]2CC[C@@H]1CN(Cc1cscn1)C2. The Bertz CT molecular complexity index is 644. The zero-order valence-corrected chi connectivity index (χ0v) is 14.1. The summed E-state index contributed by atoms with van der Waals surface area (Å²) in [7, 11) is 0. The average Bonchev–Trinajstić information content (AvgIpc) is 2.90. The fourth-order valence-corrected chi connectivity index (χ4v) is 4.50. The van der Waals surface area contributed by atoms with Crippen LogP contribution in [0, 0.1) is 5.92 Å². The molecule has 3 aliphatic rings. The van der Waals surface area contributed by atoms with E-state index >= 15 is 0 Å². The Labute approximate surface area is 141 Å². The first-order valence-corrected chi connectivity index (χ1v) is 9.25. The molecule has 0 radical (unpaired) electrons. The molecule has 0 aliphatic carbocycles. The topological polar surface area (TPSA) is 58.3 Å². The van der Waals surface area contributed by atoms with Crippen molar-refractivity contribution in [3.8, 4) is 0 Å². The van der Waals surface area contributed by atoms with E-state index in [1.807, 2.05) is 11.6 Å². The summed E-state index contributed by atoms with van der Waals surface area (Å²) in [6.45, 7) is 5.40. The van der Waals surface area contributed by atoms with Gasteiger partial charge < -0.3 is 5.73 Å². The van der Waals surface area contributed by atoms with Gasteiger partial charge in [-0.15, -0.1) is 11.3 Å². The van der Waals surface area contributed by atoms with Gasteiger partial charge in [0, 0.05) is 55.9 Å². The van der Waals surface area contributed by atoms with Crippen molar-refractivity contribution >= 4 is 17.2 Å². The minimum atomic E-state index is 0.618. The normalized spacial score (nSPS) is 25.6. The summed E-state index contributed by atoms with van der Waals surface area (Å²) < 4.78 is 0. The highest BCUT2D eigenvalue weighted by Gasteiger charge is 2.34. The van der Waals surface area contributed by atoms with Gasteiger partial charge in [-0.3, -0.25) is 9.80 Å². The predicted octanol–water partition coefficient (Wildman–Crippen LogP) is 2.22. The minimum Gasteiger partial charge on any atom is -0.383 e. The first-order chi connectivity index (χ1) is 11.3. The summed E-state index contributed by atoms with van der Waals surface area (Å²) in [5, 5.41) is 2.17. The van der Waals surface area contributed by atoms with Gasteiger partial charge in [-0.05, 0) is 24.8 Å². The monoisotopic (exact) mass is 329 g/mol. The number of rotatable bonds is 4. The van der Waals surface area contributed by atoms with Gasteiger partial charge in [0.15, 0.2) is 0 Å². The molecule has 0 saturated carbocycles. The molecule has 0 unspecified atom stereocenters. The number of hydrogen-bond acceptors (Lipinski definition) is 6. The third-order valence-electron chi connectivity index (χ3n) is 5.07. The van der Waals surface area contributed by atoms with Gasteiger partial charge in [-0.25, -0.2) is 9.97 Å². The van der Waals surface area contributed by atoms with Crippen LogP contribution in [0.25, 0.3) is 0 Å². The lowest BCUT2D eigenvalue weighted by Gasteiger charge is -2.36. The van der Waals surface area contributed by atoms with Crippen LogP contribution in [0.15, 0.2) is 29.2 Å². The van der Waals surface area contributed by atoms with Gasteiger partial charge >= 0.3 is 0 Å². The van der Waals surface area contributed by atoms with Gasteiger partial charge in [0.2, 0.25) is 0 Å². The first kappa shape index (κ1) is 15.1. The zero-order valence-electron chi connectivity index (χ0n) is 13.3. The van der Waals surface area contributed by atoms with Crippen LogP contribution in [0.2, 0.25) is 0 Å². The molecular formula is C17H23N5S. The summed E-state index contributed by atoms with van der Waals surface area (Å²) in [5.74, 6) is 1.43. The Hall–Kier alpha value is -1.50. The van der Waals surface area contributed by atoms with Crippen LogP contribution in [0.3, 0.4) is 0 Å². The molecule has 5 nitrogen and oxygen atoms in total. The quantitative estimate of drug-likeness (QED) is 0.932. The number of piperidine rings is 1. The molecule has 2 aromatic heterocycles. The fraction of sp³-hybridized carbons (Fsp3) is 0.529. The molecule has 5 rings (SSSR count). The van der Waals surface area contributed by atoms with Crippen LogP contribution in [-0.4, -0.2) is 45.4 Å². The molecule has 5 heterocycles. The summed E-state index contributed by atoms with van der Waals surface area (Å²) >= 11 is 1.69. The number of nitrogens with two attached hydrogens (primary N) is 1. The van der Waals surface area contributed by atoms with Crippen molar-refractivity contribution in [2.75, 3.05) is 25.4 Å². The summed E-state index contributed by atoms with van der Waals surface area (Å²) in [5.41, 5.74) is 10.3. The molecule has 0 aromatic carbocycles. The number of thiazole rings is 1. The molecule has 23 heavy (non-hydrogen) atoms. The van der Waals surface area contributed by atoms with Crippen molar-refractivity contribution < 1.29 is 0 Å². The predicted molar refractivity (Wildman–Crippen MR) is 93.0 cm³/mol. The molecule has 0 spiro atoms. The molecule has 3 fully saturated rings. The van der Waals surface area contributed by atoms with Crippen molar-refractivity contribution in [3.63, 3.8) is 0 Å². The molecule has 6 heteroatoms. The van der Waals surface area contributed by atoms with Crippen LogP contribution in [-0.2, 0) is 13.1 Å². The molecule has 2 bridgehead atoms. The molecule has 3 saturated heterocycles. The van der Waals surface area contributed by atoms with E-state index in [1.165, 1.54) is 31.6 Å². The van der Waals surface area contributed by atoms with Gasteiger partial charge in [0.05, 0.1) is 11.2 Å². The lowest BCUT2D eigenvalue weighted by Crippen LogP contribution is -2.43. The van der Waals surface area contributed by atoms with E-state index < -0.39 is 0 Å². The summed E-state index contributed by atoms with van der Waals surface area (Å²) in [6.07, 6.45) is 4.40. The van der Waals surface area contributed by atoms with Crippen molar-refractivity contribution in [1.82, 2.24) is 19.8 Å². The van der Waals surface area contributed by atoms with E-state index in [2.05, 4.69) is 31.2 Å². The Morgan fingerprint density at radius 2 is 2.13 bits per heavy atom. The third kappa shape index (κ3) is 3.39. The smallest absolute Gasteiger partial charge is 0.127 e. The van der Waals surface area contributed by atoms with Crippen molar-refractivity contribution in [1.29, 1.82) is 0 Å². The highest BCUT2D eigenvalue weighted by atomic mass is 32.1. The Morgan fingerprint density at radius 3 is 2.96 bits per heavy atom. The number of fused-ring (bicyclic) bond motifs is 4. The number of aromatic nitrogens is 2. The van der Waals surface area contributed by atoms with Crippen LogP contribution >= 0.6 is 11.3 Å². The van der Waals surface area contributed by atoms with E-state index in [9.17, 15) is 0 Å². The molecule has 2 N–H and O–H groups in total. The molecule has 3 aliphatic heterocycles. The second-order valence-electron chi connectivity index (χ2n) is 6.75. The second-order valence-corrected chi connectivity index (χ2v) is 7.47. The van der Waals surface area contributed by atoms with Crippen LogP contribution in [0.5, 0.6) is 0 Å². The highest BCUT2D eigenvalue weighted by molar-refractivity contribution is 7.07. The van der Waals surface area contributed by atoms with E-state index in [-0.39, 0.29) is 0 Å². The van der Waals surface area contributed by atoms with Crippen LogP contribution in [0.1, 0.15) is 24.1 Å². The summed E-state index contributed by atoms with van der Waals surface area (Å²) in [4.78, 5) is 13.9. The zero-order chi connectivity index (χ0) is 15.6. The van der Waals surface area contributed by atoms with Gasteiger partial charge in [0.1, 0.15) is 5.82 Å². The van der Waals surface area contributed by atoms with Gasteiger partial charge in [-0.2, -0.15) is 0 Å². The maximum atomic E-state index is 6.04. The average molecular weight is 329 g/mol. The van der Waals surface area contributed by atoms with Crippen LogP contribution < -0.4 is 5.73 Å². The molecular weight excluding hydrogens is 306 g/mol. The molecule has 2 atom stereocenters. The van der Waals surface area contributed by atoms with E-state index in [0.717, 1.165) is 31.1 Å². The van der Waals surface area contributed by atoms with Crippen LogP contribution in [0.4, 0.5) is 5.82 Å². The molecule has 2 aromatic rings. The van der Waals surface area contributed by atoms with Crippen molar-refractivity contribution in [2.45, 2.75) is 32.0 Å². The second kappa shape index (κ2) is 6.55. The van der Waals surface area contributed by atoms with Gasteiger partial charge in [-0.1, -0.05) is 6.07 Å². The summed E-state index contributed by atoms with van der Waals surface area (Å²) in [6, 6.07) is 4.71. The van der Waals surface area contributed by atoms with E-state index in [1.54, 1.807) is 17.5 Å². The standard InChI is InChI=1S/C17H23N5S/c18-17-14(2-1-5-19-17)8-22-7-13-3-4-16(22)10-21(6-13)9-15-11-23-12-20-15/h1-2,5,11-13,16H,3-4,6-10H2,(H2,18,19)/t13-,16+/m0/s1. The lowest BCUT2D eigenvalue weighted by molar-refractivity contribution is 0.123. The largest absolute Gasteiger partial charge is 0.383 e. The maximum Gasteiger partial charge on any atom is 0.127 e. The lowest BCUT2D eigenvalue weighted by atomic mass is 9.94. The molecule has 0 amide bonds. The van der Waals surface area contributed by atoms with Crippen molar-refractivity contribution in [2.24, 2.45) is 5.92 Å². The number of hydrogen-bond donors (Lipinski definition) is 1. The minimum absolute atomic E-state index is 0.618. The van der Waals surface area contributed by atoms with Crippen molar-refractivity contribution in [3.05, 3.63) is 40.5 Å². The Balaban J connectivity index is 1.46. The number of nitrogen functional groups attached to an aromatic ring is 1. The van der Waals surface area contributed by atoms with Gasteiger partial charge in [0.25, 0.3) is 0 Å². The fourth-order valence-electron chi connectivity index (χ4n) is 3.95. The Morgan fingerprint density at radius 1 is 1.17 bits per heavy atom. The number of pyridine rings is 1. The highest BCUT2D eigenvalue weighted by Crippen LogP contribution is 2.30. The number of nitrogens with zero attached hydrogens (tertiary/aromatic N) is 4. The third-order valence-corrected chi connectivity index (χ3v) is 5.71. The maximum absolute atomic E-state index is 6.04. The van der Waals surface area contributed by atoms with E-state index in [4.69, 9.17) is 5.73 Å². The number of anilines is 1. The Kier molecular flexibility index (Phi) is 4.29. The molecule has 122 valence electrons.